The van der Waals surface area contributed by atoms with Gasteiger partial charge in [-0.05, 0) is 6.92 Å². The fourth-order valence-electron chi connectivity index (χ4n) is 2.03. The van der Waals surface area contributed by atoms with E-state index in [4.69, 9.17) is 25.8 Å². The monoisotopic (exact) mass is 311 g/mol. The summed E-state index contributed by atoms with van der Waals surface area (Å²) in [6, 6.07) is 1.53. The van der Waals surface area contributed by atoms with E-state index < -0.39 is 11.4 Å². The van der Waals surface area contributed by atoms with Crippen molar-refractivity contribution >= 4 is 28.5 Å². The predicted octanol–water partition coefficient (Wildman–Crippen LogP) is 2.38. The van der Waals surface area contributed by atoms with Crippen LogP contribution in [0.5, 0.6) is 11.5 Å². The molecule has 0 saturated heterocycles. The second-order valence-corrected chi connectivity index (χ2v) is 4.50. The van der Waals surface area contributed by atoms with E-state index in [1.807, 2.05) is 0 Å². The Morgan fingerprint density at radius 1 is 1.33 bits per heavy atom. The number of aromatic nitrogens is 1. The van der Waals surface area contributed by atoms with E-state index in [2.05, 4.69) is 4.98 Å². The Hall–Kier alpha value is -2.21. The van der Waals surface area contributed by atoms with Gasteiger partial charge in [0.2, 0.25) is 5.43 Å². The first-order valence-corrected chi connectivity index (χ1v) is 6.55. The standard InChI is InChI=1S/C14H14ClNO5/c1-4-21-14(18)7-6-16-11-9(19-2)5-8(15)13(20-3)10(11)12(7)17/h5-6H,4H2,1-3H3,(H,16,17). The van der Waals surface area contributed by atoms with Crippen molar-refractivity contribution in [2.45, 2.75) is 6.92 Å². The lowest BCUT2D eigenvalue weighted by molar-refractivity contribution is 0.0524. The van der Waals surface area contributed by atoms with Gasteiger partial charge in [-0.1, -0.05) is 11.6 Å². The van der Waals surface area contributed by atoms with Crippen molar-refractivity contribution in [3.05, 3.63) is 33.1 Å². The third-order valence-electron chi connectivity index (χ3n) is 2.95. The van der Waals surface area contributed by atoms with E-state index in [1.54, 1.807) is 6.92 Å². The Morgan fingerprint density at radius 2 is 2.05 bits per heavy atom. The first-order chi connectivity index (χ1) is 10.0. The maximum atomic E-state index is 12.5. The molecule has 0 aliphatic heterocycles. The van der Waals surface area contributed by atoms with Gasteiger partial charge in [-0.15, -0.1) is 0 Å². The molecule has 7 heteroatoms. The molecule has 1 N–H and O–H groups in total. The number of pyridine rings is 1. The Morgan fingerprint density at radius 3 is 2.62 bits per heavy atom. The molecule has 6 nitrogen and oxygen atoms in total. The van der Waals surface area contributed by atoms with Crippen LogP contribution >= 0.6 is 11.6 Å². The van der Waals surface area contributed by atoms with Gasteiger partial charge >= 0.3 is 5.97 Å². The van der Waals surface area contributed by atoms with Crippen molar-refractivity contribution in [3.63, 3.8) is 0 Å². The third kappa shape index (κ3) is 2.54. The average Bonchev–Trinajstić information content (AvgIpc) is 2.47. The van der Waals surface area contributed by atoms with Gasteiger partial charge in [0.25, 0.3) is 0 Å². The van der Waals surface area contributed by atoms with Crippen molar-refractivity contribution in [2.75, 3.05) is 20.8 Å². The second kappa shape index (κ2) is 6.05. The van der Waals surface area contributed by atoms with Crippen LogP contribution in [0.15, 0.2) is 17.1 Å². The Bertz CT molecular complexity index is 753. The molecule has 0 spiro atoms. The molecule has 0 aliphatic carbocycles. The summed E-state index contributed by atoms with van der Waals surface area (Å²) < 4.78 is 15.2. The molecular formula is C14H14ClNO5. The molecule has 0 amide bonds. The van der Waals surface area contributed by atoms with Crippen molar-refractivity contribution in [1.82, 2.24) is 4.98 Å². The van der Waals surface area contributed by atoms with Gasteiger partial charge in [0.15, 0.2) is 5.75 Å². The normalized spacial score (nSPS) is 10.5. The number of fused-ring (bicyclic) bond motifs is 1. The summed E-state index contributed by atoms with van der Waals surface area (Å²) in [5.41, 5.74) is -0.247. The van der Waals surface area contributed by atoms with Crippen LogP contribution in [0.4, 0.5) is 0 Å². The van der Waals surface area contributed by atoms with Gasteiger partial charge in [0.1, 0.15) is 11.3 Å². The quantitative estimate of drug-likeness (QED) is 0.877. The van der Waals surface area contributed by atoms with Gasteiger partial charge in [-0.25, -0.2) is 4.79 Å². The van der Waals surface area contributed by atoms with Gasteiger partial charge in [-0.2, -0.15) is 0 Å². The minimum atomic E-state index is -0.707. The third-order valence-corrected chi connectivity index (χ3v) is 3.23. The average molecular weight is 312 g/mol. The summed E-state index contributed by atoms with van der Waals surface area (Å²) in [5, 5.41) is 0.362. The zero-order valence-corrected chi connectivity index (χ0v) is 12.5. The number of ether oxygens (including phenoxy) is 3. The summed E-state index contributed by atoms with van der Waals surface area (Å²) >= 11 is 6.08. The van der Waals surface area contributed by atoms with E-state index in [-0.39, 0.29) is 28.3 Å². The van der Waals surface area contributed by atoms with E-state index >= 15 is 0 Å². The lowest BCUT2D eigenvalue weighted by Crippen LogP contribution is -2.19. The molecule has 112 valence electrons. The van der Waals surface area contributed by atoms with Crippen molar-refractivity contribution in [2.24, 2.45) is 0 Å². The number of carbonyl (C=O) groups is 1. The lowest BCUT2D eigenvalue weighted by atomic mass is 10.1. The number of halogens is 1. The minimum Gasteiger partial charge on any atom is -0.494 e. The number of aromatic amines is 1. The predicted molar refractivity (Wildman–Crippen MR) is 78.6 cm³/mol. The van der Waals surface area contributed by atoms with Crippen LogP contribution in [0.2, 0.25) is 5.02 Å². The van der Waals surface area contributed by atoms with Crippen molar-refractivity contribution in [3.8, 4) is 11.5 Å². The largest absolute Gasteiger partial charge is 0.494 e. The van der Waals surface area contributed by atoms with Crippen LogP contribution in [0, 0.1) is 0 Å². The van der Waals surface area contributed by atoms with Crippen LogP contribution in [-0.4, -0.2) is 31.8 Å². The maximum absolute atomic E-state index is 12.5. The van der Waals surface area contributed by atoms with Gasteiger partial charge in [0, 0.05) is 12.3 Å². The first-order valence-electron chi connectivity index (χ1n) is 6.18. The zero-order valence-electron chi connectivity index (χ0n) is 11.8. The van der Waals surface area contributed by atoms with E-state index in [0.717, 1.165) is 0 Å². The van der Waals surface area contributed by atoms with E-state index in [1.165, 1.54) is 26.5 Å². The molecule has 0 fully saturated rings. The highest BCUT2D eigenvalue weighted by molar-refractivity contribution is 6.33. The van der Waals surface area contributed by atoms with E-state index in [0.29, 0.717) is 11.3 Å². The molecule has 1 aromatic heterocycles. The summed E-state index contributed by atoms with van der Waals surface area (Å²) in [7, 11) is 2.85. The highest BCUT2D eigenvalue weighted by Crippen LogP contribution is 2.36. The molecule has 2 aromatic rings. The van der Waals surface area contributed by atoms with Crippen LogP contribution in [0.25, 0.3) is 10.9 Å². The maximum Gasteiger partial charge on any atom is 0.343 e. The molecule has 0 aliphatic rings. The topological polar surface area (TPSA) is 77.6 Å². The highest BCUT2D eigenvalue weighted by atomic mass is 35.5. The number of rotatable bonds is 4. The number of benzene rings is 1. The van der Waals surface area contributed by atoms with Crippen LogP contribution < -0.4 is 14.9 Å². The van der Waals surface area contributed by atoms with Gasteiger partial charge in [-0.3, -0.25) is 4.79 Å². The Balaban J connectivity index is 2.85. The second-order valence-electron chi connectivity index (χ2n) is 4.10. The first kappa shape index (κ1) is 15.2. The van der Waals surface area contributed by atoms with Crippen molar-refractivity contribution < 1.29 is 19.0 Å². The molecule has 2 rings (SSSR count). The van der Waals surface area contributed by atoms with Crippen LogP contribution in [0.1, 0.15) is 17.3 Å². The van der Waals surface area contributed by atoms with Gasteiger partial charge < -0.3 is 19.2 Å². The molecule has 1 heterocycles. The lowest BCUT2D eigenvalue weighted by Gasteiger charge is -2.12. The Kier molecular flexibility index (Phi) is 4.37. The molecule has 0 bridgehead atoms. The molecule has 0 radical (unpaired) electrons. The summed E-state index contributed by atoms with van der Waals surface area (Å²) in [6.07, 6.45) is 1.29. The molecule has 0 saturated carbocycles. The Labute approximate surface area is 125 Å². The number of carbonyl (C=O) groups excluding carboxylic acids is 1. The number of hydrogen-bond acceptors (Lipinski definition) is 5. The smallest absolute Gasteiger partial charge is 0.343 e. The molecular weight excluding hydrogens is 298 g/mol. The number of nitrogens with one attached hydrogen (secondary N) is 1. The van der Waals surface area contributed by atoms with E-state index in [9.17, 15) is 9.59 Å². The molecule has 0 unspecified atom stereocenters. The van der Waals surface area contributed by atoms with Crippen LogP contribution in [0.3, 0.4) is 0 Å². The number of H-pyrrole nitrogens is 1. The molecule has 0 atom stereocenters. The fraction of sp³-hybridized carbons (Fsp3) is 0.286. The number of hydrogen-bond donors (Lipinski definition) is 1. The van der Waals surface area contributed by atoms with Crippen LogP contribution in [-0.2, 0) is 4.74 Å². The molecule has 21 heavy (non-hydrogen) atoms. The van der Waals surface area contributed by atoms with Gasteiger partial charge in [0.05, 0.1) is 36.8 Å². The SMILES string of the molecule is CCOC(=O)c1c[nH]c2c(OC)cc(Cl)c(OC)c2c1=O. The zero-order chi connectivity index (χ0) is 15.6. The fourth-order valence-corrected chi connectivity index (χ4v) is 2.31. The molecule has 1 aromatic carbocycles. The minimum absolute atomic E-state index is 0.119. The summed E-state index contributed by atoms with van der Waals surface area (Å²) in [5.74, 6) is -0.148. The summed E-state index contributed by atoms with van der Waals surface area (Å²) in [4.78, 5) is 27.2. The summed E-state index contributed by atoms with van der Waals surface area (Å²) in [6.45, 7) is 1.83. The number of esters is 1. The number of methoxy groups -OCH3 is 2. The highest BCUT2D eigenvalue weighted by Gasteiger charge is 2.21. The van der Waals surface area contributed by atoms with Crippen molar-refractivity contribution in [1.29, 1.82) is 0 Å².